The number of amides is 1. The first kappa shape index (κ1) is 21.1. The molecule has 154 valence electrons. The molecule has 1 amide bonds. The van der Waals surface area contributed by atoms with Gasteiger partial charge in [-0.3, -0.25) is 4.79 Å². The molecule has 0 aromatic heterocycles. The van der Waals surface area contributed by atoms with Crippen LogP contribution in [0.3, 0.4) is 0 Å². The number of rotatable bonds is 6. The van der Waals surface area contributed by atoms with Gasteiger partial charge in [-0.1, -0.05) is 56.7 Å². The van der Waals surface area contributed by atoms with Crippen LogP contribution in [0.1, 0.15) is 52.2 Å². The van der Waals surface area contributed by atoms with Crippen molar-refractivity contribution in [2.45, 2.75) is 60.0 Å². The molecular weight excluding hydrogens is 370 g/mol. The van der Waals surface area contributed by atoms with Gasteiger partial charge in [0.25, 0.3) is 0 Å². The van der Waals surface area contributed by atoms with Crippen molar-refractivity contribution in [3.8, 4) is 0 Å². The van der Waals surface area contributed by atoms with Gasteiger partial charge < -0.3 is 4.90 Å². The van der Waals surface area contributed by atoms with E-state index in [1.165, 1.54) is 11.1 Å². The lowest BCUT2D eigenvalue weighted by molar-refractivity contribution is -0.136. The third-order valence-corrected chi connectivity index (χ3v) is 8.16. The van der Waals surface area contributed by atoms with Gasteiger partial charge in [0.05, 0.1) is 17.4 Å². The van der Waals surface area contributed by atoms with Crippen LogP contribution in [0.15, 0.2) is 35.9 Å². The van der Waals surface area contributed by atoms with E-state index in [2.05, 4.69) is 65.0 Å². The number of hydrogen-bond acceptors (Lipinski definition) is 3. The highest BCUT2D eigenvalue weighted by Crippen LogP contribution is 2.60. The molecule has 5 heteroatoms. The van der Waals surface area contributed by atoms with E-state index < -0.39 is 9.84 Å². The van der Waals surface area contributed by atoms with Crippen molar-refractivity contribution < 1.29 is 13.2 Å². The number of benzene rings is 1. The summed E-state index contributed by atoms with van der Waals surface area (Å²) >= 11 is 0. The molecule has 4 nitrogen and oxygen atoms in total. The molecule has 1 aromatic carbocycles. The highest BCUT2D eigenvalue weighted by molar-refractivity contribution is 7.91. The van der Waals surface area contributed by atoms with Gasteiger partial charge in [-0.05, 0) is 49.1 Å². The second-order valence-corrected chi connectivity index (χ2v) is 11.5. The molecule has 0 bridgehead atoms. The molecule has 1 aliphatic carbocycles. The predicted molar refractivity (Wildman–Crippen MR) is 114 cm³/mol. The fraction of sp³-hybridized carbons (Fsp3) is 0.609. The summed E-state index contributed by atoms with van der Waals surface area (Å²) in [6, 6.07) is 8.10. The highest BCUT2D eigenvalue weighted by atomic mass is 32.2. The van der Waals surface area contributed by atoms with Gasteiger partial charge in [0.15, 0.2) is 9.84 Å². The van der Waals surface area contributed by atoms with Crippen molar-refractivity contribution in [3.05, 3.63) is 47.0 Å². The van der Waals surface area contributed by atoms with Crippen molar-refractivity contribution in [2.24, 2.45) is 17.3 Å². The average molecular weight is 404 g/mol. The summed E-state index contributed by atoms with van der Waals surface area (Å²) in [5, 5.41) is 0. The number of nitrogens with zero attached hydrogens (tertiary/aromatic N) is 1. The van der Waals surface area contributed by atoms with Gasteiger partial charge in [0.1, 0.15) is 0 Å². The Labute approximate surface area is 169 Å². The Morgan fingerprint density at radius 3 is 2.29 bits per heavy atom. The van der Waals surface area contributed by atoms with Gasteiger partial charge in [-0.25, -0.2) is 8.42 Å². The SMILES string of the molecule is CCc1ccc(CN(C(=O)[C@@H]2[C@H](C=C(C)C)C2(C)C)[C@@H]2CCS(=O)(=O)C2)cc1. The van der Waals surface area contributed by atoms with Crippen LogP contribution in [0.5, 0.6) is 0 Å². The minimum absolute atomic E-state index is 0.0689. The molecule has 1 saturated heterocycles. The first-order chi connectivity index (χ1) is 13.0. The standard InChI is InChI=1S/C23H33NO3S/c1-6-17-7-9-18(10-8-17)14-24(19-11-12-28(26,27)15-19)22(25)21-20(13-16(2)3)23(21,4)5/h7-10,13,19-21H,6,11-12,14-15H2,1-5H3/t19-,20+,21+/m1/s1. The number of carbonyl (C=O) groups is 1. The lowest BCUT2D eigenvalue weighted by Crippen LogP contribution is -2.42. The summed E-state index contributed by atoms with van der Waals surface area (Å²) in [6.45, 7) is 11.0. The Kier molecular flexibility index (Phi) is 5.77. The van der Waals surface area contributed by atoms with Crippen molar-refractivity contribution in [3.63, 3.8) is 0 Å². The summed E-state index contributed by atoms with van der Waals surface area (Å²) < 4.78 is 24.2. The third kappa shape index (κ3) is 4.35. The molecule has 0 radical (unpaired) electrons. The van der Waals surface area contributed by atoms with Crippen molar-refractivity contribution in [2.75, 3.05) is 11.5 Å². The van der Waals surface area contributed by atoms with Gasteiger partial charge >= 0.3 is 0 Å². The fourth-order valence-corrected chi connectivity index (χ4v) is 6.21. The van der Waals surface area contributed by atoms with Crippen LogP contribution in [0.25, 0.3) is 0 Å². The van der Waals surface area contributed by atoms with E-state index in [-0.39, 0.29) is 40.7 Å². The molecule has 28 heavy (non-hydrogen) atoms. The average Bonchev–Trinajstić information content (AvgIpc) is 2.95. The van der Waals surface area contributed by atoms with Gasteiger partial charge in [0, 0.05) is 12.6 Å². The number of allylic oxidation sites excluding steroid dienone is 2. The fourth-order valence-electron chi connectivity index (χ4n) is 4.48. The number of aryl methyl sites for hydroxylation is 1. The lowest BCUT2D eigenvalue weighted by Gasteiger charge is -2.29. The maximum Gasteiger partial charge on any atom is 0.227 e. The predicted octanol–water partition coefficient (Wildman–Crippen LogP) is 4.00. The summed E-state index contributed by atoms with van der Waals surface area (Å²) in [7, 11) is -3.05. The largest absolute Gasteiger partial charge is 0.334 e. The van der Waals surface area contributed by atoms with Crippen LogP contribution in [0.2, 0.25) is 0 Å². The van der Waals surface area contributed by atoms with Crippen LogP contribution in [0, 0.1) is 17.3 Å². The zero-order valence-electron chi connectivity index (χ0n) is 17.7. The minimum Gasteiger partial charge on any atom is -0.334 e. The second kappa shape index (κ2) is 7.66. The lowest BCUT2D eigenvalue weighted by atomic mass is 10.1. The molecule has 0 unspecified atom stereocenters. The van der Waals surface area contributed by atoms with Gasteiger partial charge in [-0.15, -0.1) is 0 Å². The van der Waals surface area contributed by atoms with Gasteiger partial charge in [-0.2, -0.15) is 0 Å². The molecule has 1 saturated carbocycles. The first-order valence-corrected chi connectivity index (χ1v) is 12.1. The Morgan fingerprint density at radius 1 is 1.18 bits per heavy atom. The van der Waals surface area contributed by atoms with Crippen LogP contribution >= 0.6 is 0 Å². The van der Waals surface area contributed by atoms with E-state index in [1.54, 1.807) is 0 Å². The summed E-state index contributed by atoms with van der Waals surface area (Å²) in [4.78, 5) is 15.4. The maximum absolute atomic E-state index is 13.5. The topological polar surface area (TPSA) is 54.5 Å². The third-order valence-electron chi connectivity index (χ3n) is 6.41. The number of hydrogen-bond donors (Lipinski definition) is 0. The zero-order valence-corrected chi connectivity index (χ0v) is 18.6. The molecule has 0 N–H and O–H groups in total. The molecule has 1 aromatic rings. The minimum atomic E-state index is -3.05. The van der Waals surface area contributed by atoms with E-state index in [1.807, 2.05) is 4.90 Å². The quantitative estimate of drug-likeness (QED) is 0.675. The Morgan fingerprint density at radius 2 is 1.79 bits per heavy atom. The summed E-state index contributed by atoms with van der Waals surface area (Å²) in [5.41, 5.74) is 3.47. The van der Waals surface area contributed by atoms with Crippen LogP contribution < -0.4 is 0 Å². The van der Waals surface area contributed by atoms with Crippen molar-refractivity contribution >= 4 is 15.7 Å². The summed E-state index contributed by atoms with van der Waals surface area (Å²) in [5.74, 6) is 0.538. The Balaban J connectivity index is 1.86. The molecule has 1 heterocycles. The van der Waals surface area contributed by atoms with Crippen molar-refractivity contribution in [1.29, 1.82) is 0 Å². The summed E-state index contributed by atoms with van der Waals surface area (Å²) in [6.07, 6.45) is 3.72. The number of sulfone groups is 1. The first-order valence-electron chi connectivity index (χ1n) is 10.3. The van der Waals surface area contributed by atoms with E-state index in [9.17, 15) is 13.2 Å². The molecule has 2 fully saturated rings. The molecule has 3 atom stereocenters. The second-order valence-electron chi connectivity index (χ2n) is 9.26. The molecule has 3 rings (SSSR count). The van der Waals surface area contributed by atoms with Crippen LogP contribution in [-0.2, 0) is 27.6 Å². The van der Waals surface area contributed by atoms with Crippen LogP contribution in [-0.4, -0.2) is 36.8 Å². The highest BCUT2D eigenvalue weighted by Gasteiger charge is 2.61. The van der Waals surface area contributed by atoms with E-state index in [4.69, 9.17) is 0 Å². The Bertz CT molecular complexity index is 864. The molecule has 1 aliphatic heterocycles. The van der Waals surface area contributed by atoms with E-state index in [0.29, 0.717) is 13.0 Å². The maximum atomic E-state index is 13.5. The van der Waals surface area contributed by atoms with E-state index in [0.717, 1.165) is 12.0 Å². The smallest absolute Gasteiger partial charge is 0.227 e. The van der Waals surface area contributed by atoms with Crippen LogP contribution in [0.4, 0.5) is 0 Å². The zero-order chi connectivity index (χ0) is 20.7. The van der Waals surface area contributed by atoms with E-state index >= 15 is 0 Å². The molecule has 0 spiro atoms. The number of carbonyl (C=O) groups excluding carboxylic acids is 1. The molecular formula is C23H33NO3S. The normalized spacial score (nSPS) is 27.2. The molecule has 2 aliphatic rings. The monoisotopic (exact) mass is 403 g/mol. The van der Waals surface area contributed by atoms with Gasteiger partial charge in [0.2, 0.25) is 5.91 Å². The Hall–Kier alpha value is -1.62. The van der Waals surface area contributed by atoms with Crippen molar-refractivity contribution in [1.82, 2.24) is 4.90 Å².